The second-order valence-electron chi connectivity index (χ2n) is 9.75. The standard InChI is InChI=1S/C34H26ClN5/c1-23-13-5-4-12-22-39(34-37-32(36-33(35)38-34)24-14-6-2-7-15-24)30-26(23)20-21-28-27-18-10-11-19-29(27)40(31(28)30)25-16-8-3-9-17-25/h2-21,34H,1,22H2,(H,36,37,38)/b12-4-,13-5-. The summed E-state index contributed by atoms with van der Waals surface area (Å²) in [5.74, 6) is 0.590. The molecule has 6 heteroatoms. The molecular weight excluding hydrogens is 514 g/mol. The zero-order valence-corrected chi connectivity index (χ0v) is 22.5. The highest BCUT2D eigenvalue weighted by Gasteiger charge is 2.29. The van der Waals surface area contributed by atoms with Crippen LogP contribution in [0, 0.1) is 0 Å². The van der Waals surface area contributed by atoms with E-state index in [4.69, 9.17) is 16.6 Å². The summed E-state index contributed by atoms with van der Waals surface area (Å²) in [4.78, 5) is 11.9. The second-order valence-corrected chi connectivity index (χ2v) is 10.1. The molecule has 0 saturated carbocycles. The van der Waals surface area contributed by atoms with E-state index < -0.39 is 6.29 Å². The SMILES string of the molecule is C=C1/C=C\C=C/CN(C2N=C(c3ccccc3)N=C(Cl)N2)c2c1ccc1c3ccccc3n(-c3ccccc3)c21. The number of para-hydroxylation sites is 2. The largest absolute Gasteiger partial charge is 0.327 e. The maximum absolute atomic E-state index is 6.62. The van der Waals surface area contributed by atoms with Crippen LogP contribution in [-0.4, -0.2) is 28.5 Å². The molecule has 3 heterocycles. The van der Waals surface area contributed by atoms with Crippen LogP contribution in [0.25, 0.3) is 33.1 Å². The van der Waals surface area contributed by atoms with Gasteiger partial charge in [-0.15, -0.1) is 0 Å². The van der Waals surface area contributed by atoms with Gasteiger partial charge in [0.05, 0.1) is 16.7 Å². The van der Waals surface area contributed by atoms with Crippen molar-refractivity contribution in [1.82, 2.24) is 9.88 Å². The molecule has 0 aliphatic carbocycles. The minimum atomic E-state index is -0.498. The lowest BCUT2D eigenvalue weighted by Crippen LogP contribution is -2.49. The van der Waals surface area contributed by atoms with Gasteiger partial charge in [-0.3, -0.25) is 0 Å². The van der Waals surface area contributed by atoms with E-state index in [2.05, 4.69) is 99.2 Å². The predicted molar refractivity (Wildman–Crippen MR) is 169 cm³/mol. The first kappa shape index (κ1) is 24.2. The zero-order valence-electron chi connectivity index (χ0n) is 21.7. The highest BCUT2D eigenvalue weighted by molar-refractivity contribution is 6.65. The number of aliphatic imine (C=N–C) groups is 2. The van der Waals surface area contributed by atoms with Gasteiger partial charge >= 0.3 is 0 Å². The molecule has 0 fully saturated rings. The van der Waals surface area contributed by atoms with E-state index in [1.807, 2.05) is 48.6 Å². The second kappa shape index (κ2) is 10.0. The molecule has 1 atom stereocenters. The smallest absolute Gasteiger partial charge is 0.201 e. The third-order valence-corrected chi connectivity index (χ3v) is 7.52. The van der Waals surface area contributed by atoms with Gasteiger partial charge in [0.1, 0.15) is 0 Å². The van der Waals surface area contributed by atoms with Gasteiger partial charge < -0.3 is 14.8 Å². The van der Waals surface area contributed by atoms with Crippen molar-refractivity contribution in [2.75, 3.05) is 11.4 Å². The number of halogens is 1. The maximum atomic E-state index is 6.62. The number of fused-ring (bicyclic) bond motifs is 5. The molecule has 2 aliphatic rings. The van der Waals surface area contributed by atoms with Gasteiger partial charge in [-0.1, -0.05) is 110 Å². The summed E-state index contributed by atoms with van der Waals surface area (Å²) in [7, 11) is 0. The fraction of sp³-hybridized carbons (Fsp3) is 0.0588. The number of hydrogen-bond acceptors (Lipinski definition) is 4. The fourth-order valence-electron chi connectivity index (χ4n) is 5.55. The van der Waals surface area contributed by atoms with E-state index in [-0.39, 0.29) is 0 Å². The number of anilines is 1. The Kier molecular flexibility index (Phi) is 6.06. The first-order chi connectivity index (χ1) is 19.7. The van der Waals surface area contributed by atoms with Crippen molar-refractivity contribution in [3.05, 3.63) is 139 Å². The van der Waals surface area contributed by atoms with Gasteiger partial charge in [0.15, 0.2) is 5.84 Å². The van der Waals surface area contributed by atoms with Gasteiger partial charge in [-0.2, -0.15) is 4.99 Å². The van der Waals surface area contributed by atoms with Crippen molar-refractivity contribution in [1.29, 1.82) is 0 Å². The van der Waals surface area contributed by atoms with E-state index in [1.165, 1.54) is 5.39 Å². The lowest BCUT2D eigenvalue weighted by Gasteiger charge is -2.35. The van der Waals surface area contributed by atoms with Crippen LogP contribution in [0.15, 0.2) is 138 Å². The maximum Gasteiger partial charge on any atom is 0.201 e. The molecule has 5 aromatic rings. The summed E-state index contributed by atoms with van der Waals surface area (Å²) < 4.78 is 2.34. The van der Waals surface area contributed by atoms with Gasteiger partial charge in [0.2, 0.25) is 11.6 Å². The summed E-state index contributed by atoms with van der Waals surface area (Å²) in [5.41, 5.74) is 7.20. The molecule has 0 saturated heterocycles. The van der Waals surface area contributed by atoms with E-state index in [1.54, 1.807) is 0 Å². The van der Waals surface area contributed by atoms with Crippen LogP contribution in [-0.2, 0) is 0 Å². The molecule has 194 valence electrons. The molecule has 2 aliphatic heterocycles. The topological polar surface area (TPSA) is 44.9 Å². The van der Waals surface area contributed by atoms with Crippen LogP contribution in [0.2, 0.25) is 0 Å². The van der Waals surface area contributed by atoms with E-state index >= 15 is 0 Å². The Morgan fingerprint density at radius 3 is 2.40 bits per heavy atom. The molecule has 40 heavy (non-hydrogen) atoms. The number of nitrogens with zero attached hydrogens (tertiary/aromatic N) is 4. The Balaban J connectivity index is 1.55. The Hall–Kier alpha value is -4.87. The summed E-state index contributed by atoms with van der Waals surface area (Å²) in [5, 5.41) is 5.98. The van der Waals surface area contributed by atoms with Crippen molar-refractivity contribution in [2.24, 2.45) is 9.98 Å². The van der Waals surface area contributed by atoms with Crippen LogP contribution in [0.5, 0.6) is 0 Å². The average molecular weight is 540 g/mol. The molecule has 1 unspecified atom stereocenters. The number of amidine groups is 2. The van der Waals surface area contributed by atoms with Gasteiger partial charge in [0.25, 0.3) is 0 Å². The van der Waals surface area contributed by atoms with Crippen molar-refractivity contribution in [2.45, 2.75) is 6.29 Å². The number of allylic oxidation sites excluding steroid dienone is 4. The van der Waals surface area contributed by atoms with Crippen LogP contribution in [0.1, 0.15) is 11.1 Å². The van der Waals surface area contributed by atoms with Crippen LogP contribution < -0.4 is 10.2 Å². The average Bonchev–Trinajstić information content (AvgIpc) is 3.36. The Bertz CT molecular complexity index is 1880. The highest BCUT2D eigenvalue weighted by atomic mass is 35.5. The molecule has 1 N–H and O–H groups in total. The summed E-state index contributed by atoms with van der Waals surface area (Å²) >= 11 is 6.62. The number of benzene rings is 4. The minimum absolute atomic E-state index is 0.303. The molecule has 4 aromatic carbocycles. The monoisotopic (exact) mass is 539 g/mol. The number of aromatic nitrogens is 1. The Labute approximate surface area is 237 Å². The van der Waals surface area contributed by atoms with E-state index in [0.29, 0.717) is 17.7 Å². The van der Waals surface area contributed by atoms with Crippen LogP contribution >= 0.6 is 11.6 Å². The van der Waals surface area contributed by atoms with Gasteiger partial charge in [0, 0.05) is 34.1 Å². The quantitative estimate of drug-likeness (QED) is 0.239. The minimum Gasteiger partial charge on any atom is -0.327 e. The van der Waals surface area contributed by atoms with E-state index in [0.717, 1.165) is 44.5 Å². The first-order valence-corrected chi connectivity index (χ1v) is 13.6. The molecule has 0 spiro atoms. The highest BCUT2D eigenvalue weighted by Crippen LogP contribution is 2.42. The third-order valence-electron chi connectivity index (χ3n) is 7.33. The van der Waals surface area contributed by atoms with E-state index in [9.17, 15) is 0 Å². The molecule has 7 rings (SSSR count). The summed E-state index contributed by atoms with van der Waals surface area (Å²) in [6, 6.07) is 33.4. The van der Waals surface area contributed by atoms with Crippen molar-refractivity contribution >= 4 is 55.8 Å². The first-order valence-electron chi connectivity index (χ1n) is 13.2. The molecule has 0 amide bonds. The molecule has 1 aromatic heterocycles. The fourth-order valence-corrected chi connectivity index (χ4v) is 5.72. The lowest BCUT2D eigenvalue weighted by atomic mass is 10.0. The molecule has 0 bridgehead atoms. The van der Waals surface area contributed by atoms with Crippen LogP contribution in [0.3, 0.4) is 0 Å². The number of nitrogens with one attached hydrogen (secondary N) is 1. The zero-order chi connectivity index (χ0) is 27.1. The van der Waals surface area contributed by atoms with Crippen molar-refractivity contribution < 1.29 is 0 Å². The molecule has 0 radical (unpaired) electrons. The third kappa shape index (κ3) is 4.12. The summed E-state index contributed by atoms with van der Waals surface area (Å²) in [6.45, 7) is 5.05. The Morgan fingerprint density at radius 1 is 0.825 bits per heavy atom. The van der Waals surface area contributed by atoms with Gasteiger partial charge in [-0.25, -0.2) is 4.99 Å². The molecular formula is C34H26ClN5. The van der Waals surface area contributed by atoms with Crippen LogP contribution in [0.4, 0.5) is 5.69 Å². The number of hydrogen-bond donors (Lipinski definition) is 1. The van der Waals surface area contributed by atoms with Gasteiger partial charge in [-0.05, 0) is 35.4 Å². The lowest BCUT2D eigenvalue weighted by molar-refractivity contribution is 0.601. The van der Waals surface area contributed by atoms with Crippen molar-refractivity contribution in [3.63, 3.8) is 0 Å². The van der Waals surface area contributed by atoms with Crippen molar-refractivity contribution in [3.8, 4) is 5.69 Å². The predicted octanol–water partition coefficient (Wildman–Crippen LogP) is 7.66. The molecule has 5 nitrogen and oxygen atoms in total. The summed E-state index contributed by atoms with van der Waals surface area (Å²) in [6.07, 6.45) is 7.78. The normalized spacial score (nSPS) is 18.7. The number of rotatable bonds is 3. The Morgan fingerprint density at radius 2 is 1.57 bits per heavy atom.